The molecule has 0 spiro atoms. The van der Waals surface area contributed by atoms with E-state index < -0.39 is 0 Å². The molecule has 0 aliphatic heterocycles. The molecule has 4 nitrogen and oxygen atoms in total. The van der Waals surface area contributed by atoms with E-state index in [9.17, 15) is 0 Å². The van der Waals surface area contributed by atoms with Crippen molar-refractivity contribution in [3.8, 4) is 5.75 Å². The van der Waals surface area contributed by atoms with E-state index in [-0.39, 0.29) is 6.23 Å². The van der Waals surface area contributed by atoms with Gasteiger partial charge in [0.2, 0.25) is 0 Å². The predicted molar refractivity (Wildman–Crippen MR) is 66.0 cm³/mol. The first-order valence-corrected chi connectivity index (χ1v) is 5.21. The summed E-state index contributed by atoms with van der Waals surface area (Å²) in [4.78, 5) is 2.01. The van der Waals surface area contributed by atoms with E-state index in [1.54, 1.807) is 14.2 Å². The van der Waals surface area contributed by atoms with Gasteiger partial charge < -0.3 is 20.1 Å². The van der Waals surface area contributed by atoms with Crippen molar-refractivity contribution in [1.82, 2.24) is 0 Å². The Bertz CT molecular complexity index is 340. The number of ether oxygens (including phenoxy) is 2. The van der Waals surface area contributed by atoms with Gasteiger partial charge in [-0.1, -0.05) is 6.07 Å². The topological polar surface area (TPSA) is 47.7 Å². The van der Waals surface area contributed by atoms with Crippen LogP contribution in [-0.2, 0) is 11.2 Å². The molecule has 0 aromatic heterocycles. The number of nitrogens with zero attached hydrogens (tertiary/aromatic N) is 1. The molecule has 4 heteroatoms. The van der Waals surface area contributed by atoms with Crippen LogP contribution in [0, 0.1) is 0 Å². The summed E-state index contributed by atoms with van der Waals surface area (Å²) in [5.74, 6) is 0.853. The van der Waals surface area contributed by atoms with Gasteiger partial charge in [0, 0.05) is 27.6 Å². The van der Waals surface area contributed by atoms with Crippen LogP contribution in [-0.4, -0.2) is 34.5 Å². The molecule has 1 rings (SSSR count). The SMILES string of the molecule is COc1cc(CC(N)OC)ccc1N(C)C. The molecule has 0 saturated carbocycles. The van der Waals surface area contributed by atoms with Crippen LogP contribution in [0.1, 0.15) is 5.56 Å². The number of nitrogens with two attached hydrogens (primary N) is 1. The minimum absolute atomic E-state index is 0.269. The maximum atomic E-state index is 5.72. The van der Waals surface area contributed by atoms with Crippen LogP contribution in [0.5, 0.6) is 5.75 Å². The zero-order valence-corrected chi connectivity index (χ0v) is 10.4. The van der Waals surface area contributed by atoms with Crippen molar-refractivity contribution < 1.29 is 9.47 Å². The highest BCUT2D eigenvalue weighted by Gasteiger charge is 2.08. The Hall–Kier alpha value is -1.26. The minimum Gasteiger partial charge on any atom is -0.495 e. The highest BCUT2D eigenvalue weighted by Crippen LogP contribution is 2.28. The Kier molecular flexibility index (Phi) is 4.58. The highest BCUT2D eigenvalue weighted by atomic mass is 16.5. The molecule has 1 atom stereocenters. The molecule has 0 aliphatic carbocycles. The van der Waals surface area contributed by atoms with Gasteiger partial charge >= 0.3 is 0 Å². The van der Waals surface area contributed by atoms with Crippen molar-refractivity contribution in [1.29, 1.82) is 0 Å². The second kappa shape index (κ2) is 5.72. The molecular formula is C12H20N2O2. The lowest BCUT2D eigenvalue weighted by Gasteiger charge is -2.18. The number of rotatable bonds is 5. The Balaban J connectivity index is 2.90. The molecule has 0 saturated heterocycles. The van der Waals surface area contributed by atoms with E-state index in [0.29, 0.717) is 6.42 Å². The van der Waals surface area contributed by atoms with Gasteiger partial charge in [0.1, 0.15) is 12.0 Å². The number of hydrogen-bond donors (Lipinski definition) is 1. The van der Waals surface area contributed by atoms with Crippen LogP contribution >= 0.6 is 0 Å². The lowest BCUT2D eigenvalue weighted by Crippen LogP contribution is -2.24. The summed E-state index contributed by atoms with van der Waals surface area (Å²) in [5, 5.41) is 0. The van der Waals surface area contributed by atoms with Gasteiger partial charge in [-0.25, -0.2) is 0 Å². The normalized spacial score (nSPS) is 12.3. The standard InChI is InChI=1S/C12H20N2O2/c1-14(2)10-6-5-9(7-11(10)15-3)8-12(13)16-4/h5-7,12H,8,13H2,1-4H3. The van der Waals surface area contributed by atoms with Crippen LogP contribution in [0.4, 0.5) is 5.69 Å². The van der Waals surface area contributed by atoms with Crippen molar-refractivity contribution in [3.63, 3.8) is 0 Å². The van der Waals surface area contributed by atoms with Crippen molar-refractivity contribution in [2.24, 2.45) is 5.73 Å². The molecular weight excluding hydrogens is 204 g/mol. The molecule has 0 radical (unpaired) electrons. The second-order valence-electron chi connectivity index (χ2n) is 3.88. The lowest BCUT2D eigenvalue weighted by molar-refractivity contribution is 0.109. The summed E-state index contributed by atoms with van der Waals surface area (Å²) < 4.78 is 10.4. The van der Waals surface area contributed by atoms with E-state index in [1.165, 1.54) is 0 Å². The van der Waals surface area contributed by atoms with Gasteiger partial charge in [0.05, 0.1) is 12.8 Å². The minimum atomic E-state index is -0.269. The number of anilines is 1. The van der Waals surface area contributed by atoms with E-state index in [0.717, 1.165) is 17.0 Å². The summed E-state index contributed by atoms with van der Waals surface area (Å²) in [7, 11) is 7.25. The van der Waals surface area contributed by atoms with Crippen molar-refractivity contribution >= 4 is 5.69 Å². The van der Waals surface area contributed by atoms with E-state index >= 15 is 0 Å². The third-order valence-electron chi connectivity index (χ3n) is 2.47. The quantitative estimate of drug-likeness (QED) is 0.764. The molecule has 1 aromatic rings. The van der Waals surface area contributed by atoms with Crippen LogP contribution in [0.25, 0.3) is 0 Å². The van der Waals surface area contributed by atoms with E-state index in [2.05, 4.69) is 0 Å². The largest absolute Gasteiger partial charge is 0.495 e. The molecule has 90 valence electrons. The average molecular weight is 224 g/mol. The summed E-state index contributed by atoms with van der Waals surface area (Å²) in [6.45, 7) is 0. The van der Waals surface area contributed by atoms with Gasteiger partial charge in [-0.05, 0) is 17.7 Å². The Morgan fingerprint density at radius 1 is 1.31 bits per heavy atom. The van der Waals surface area contributed by atoms with E-state index in [1.807, 2.05) is 37.2 Å². The summed E-state index contributed by atoms with van der Waals surface area (Å²) in [5.41, 5.74) is 7.88. The molecule has 0 fully saturated rings. The maximum Gasteiger partial charge on any atom is 0.142 e. The first-order valence-electron chi connectivity index (χ1n) is 5.21. The predicted octanol–water partition coefficient (Wildman–Crippen LogP) is 1.23. The van der Waals surface area contributed by atoms with Gasteiger partial charge in [-0.2, -0.15) is 0 Å². The van der Waals surface area contributed by atoms with E-state index in [4.69, 9.17) is 15.2 Å². The van der Waals surface area contributed by atoms with Crippen molar-refractivity contribution in [2.75, 3.05) is 33.2 Å². The monoisotopic (exact) mass is 224 g/mol. The first kappa shape index (κ1) is 12.8. The fraction of sp³-hybridized carbons (Fsp3) is 0.500. The molecule has 0 bridgehead atoms. The van der Waals surface area contributed by atoms with Gasteiger partial charge in [-0.15, -0.1) is 0 Å². The third-order valence-corrected chi connectivity index (χ3v) is 2.47. The van der Waals surface area contributed by atoms with Gasteiger partial charge in [0.15, 0.2) is 0 Å². The fourth-order valence-electron chi connectivity index (χ4n) is 1.53. The van der Waals surface area contributed by atoms with Crippen LogP contribution in [0.3, 0.4) is 0 Å². The van der Waals surface area contributed by atoms with Crippen molar-refractivity contribution in [3.05, 3.63) is 23.8 Å². The molecule has 2 N–H and O–H groups in total. The maximum absolute atomic E-state index is 5.72. The molecule has 0 heterocycles. The molecule has 0 amide bonds. The molecule has 1 aromatic carbocycles. The summed E-state index contributed by atoms with van der Waals surface area (Å²) in [6, 6.07) is 6.06. The highest BCUT2D eigenvalue weighted by molar-refractivity contribution is 5.58. The number of hydrogen-bond acceptors (Lipinski definition) is 4. The Morgan fingerprint density at radius 3 is 2.50 bits per heavy atom. The smallest absolute Gasteiger partial charge is 0.142 e. The Labute approximate surface area is 96.9 Å². The number of benzene rings is 1. The molecule has 0 aliphatic rings. The zero-order chi connectivity index (χ0) is 12.1. The second-order valence-corrected chi connectivity index (χ2v) is 3.88. The zero-order valence-electron chi connectivity index (χ0n) is 10.4. The average Bonchev–Trinajstić information content (AvgIpc) is 2.28. The van der Waals surface area contributed by atoms with Crippen LogP contribution in [0.2, 0.25) is 0 Å². The lowest BCUT2D eigenvalue weighted by atomic mass is 10.1. The fourth-order valence-corrected chi connectivity index (χ4v) is 1.53. The summed E-state index contributed by atoms with van der Waals surface area (Å²) in [6.07, 6.45) is 0.413. The van der Waals surface area contributed by atoms with Crippen LogP contribution in [0.15, 0.2) is 18.2 Å². The number of methoxy groups -OCH3 is 2. The Morgan fingerprint density at radius 2 is 2.00 bits per heavy atom. The molecule has 1 unspecified atom stereocenters. The van der Waals surface area contributed by atoms with Gasteiger partial charge in [0.25, 0.3) is 0 Å². The van der Waals surface area contributed by atoms with Gasteiger partial charge in [-0.3, -0.25) is 0 Å². The molecule has 16 heavy (non-hydrogen) atoms. The van der Waals surface area contributed by atoms with Crippen molar-refractivity contribution in [2.45, 2.75) is 12.6 Å². The first-order chi connectivity index (χ1) is 7.58. The summed E-state index contributed by atoms with van der Waals surface area (Å²) >= 11 is 0. The van der Waals surface area contributed by atoms with Crippen LogP contribution < -0.4 is 15.4 Å². The third kappa shape index (κ3) is 3.12.